The van der Waals surface area contributed by atoms with E-state index < -0.39 is 5.97 Å². The van der Waals surface area contributed by atoms with Gasteiger partial charge >= 0.3 is 11.9 Å². The number of methoxy groups -OCH3 is 2. The van der Waals surface area contributed by atoms with Crippen LogP contribution in [0.25, 0.3) is 0 Å². The summed E-state index contributed by atoms with van der Waals surface area (Å²) in [6.07, 6.45) is 1.48. The second kappa shape index (κ2) is 7.61. The SMILES string of the molecule is COC(=O)c1ccc(CSc2ccccc2C(=O)OC)nc1. The molecule has 0 unspecified atom stereocenters. The summed E-state index contributed by atoms with van der Waals surface area (Å²) in [4.78, 5) is 28.1. The van der Waals surface area contributed by atoms with Gasteiger partial charge in [0.25, 0.3) is 0 Å². The molecular weight excluding hydrogens is 302 g/mol. The highest BCUT2D eigenvalue weighted by atomic mass is 32.2. The number of hydrogen-bond acceptors (Lipinski definition) is 6. The first-order valence-corrected chi connectivity index (χ1v) is 7.47. The van der Waals surface area contributed by atoms with Gasteiger partial charge in [-0.15, -0.1) is 11.8 Å². The van der Waals surface area contributed by atoms with Crippen LogP contribution in [0.3, 0.4) is 0 Å². The summed E-state index contributed by atoms with van der Waals surface area (Å²) in [5, 5.41) is 0. The third-order valence-electron chi connectivity index (χ3n) is 2.91. The van der Waals surface area contributed by atoms with Crippen LogP contribution in [0.2, 0.25) is 0 Å². The normalized spacial score (nSPS) is 10.1. The molecule has 0 N–H and O–H groups in total. The molecule has 2 aromatic rings. The third-order valence-corrected chi connectivity index (χ3v) is 4.02. The summed E-state index contributed by atoms with van der Waals surface area (Å²) in [6, 6.07) is 10.7. The van der Waals surface area contributed by atoms with Crippen molar-refractivity contribution in [3.8, 4) is 0 Å². The van der Waals surface area contributed by atoms with E-state index in [-0.39, 0.29) is 5.97 Å². The molecule has 1 aromatic carbocycles. The van der Waals surface area contributed by atoms with Gasteiger partial charge in [-0.05, 0) is 24.3 Å². The standard InChI is InChI=1S/C16H15NO4S/c1-20-15(18)11-7-8-12(17-9-11)10-22-14-6-4-3-5-13(14)16(19)21-2/h3-9H,10H2,1-2H3. The molecule has 6 heteroatoms. The minimum atomic E-state index is -0.414. The Hall–Kier alpha value is -2.34. The zero-order valence-electron chi connectivity index (χ0n) is 12.2. The van der Waals surface area contributed by atoms with E-state index in [0.717, 1.165) is 10.6 Å². The van der Waals surface area contributed by atoms with E-state index in [1.165, 1.54) is 32.2 Å². The first-order chi connectivity index (χ1) is 10.7. The van der Waals surface area contributed by atoms with Crippen LogP contribution < -0.4 is 0 Å². The van der Waals surface area contributed by atoms with Crippen molar-refractivity contribution in [2.24, 2.45) is 0 Å². The molecule has 22 heavy (non-hydrogen) atoms. The number of nitrogens with zero attached hydrogens (tertiary/aromatic N) is 1. The van der Waals surface area contributed by atoms with Crippen molar-refractivity contribution in [2.45, 2.75) is 10.6 Å². The topological polar surface area (TPSA) is 65.5 Å². The van der Waals surface area contributed by atoms with Crippen LogP contribution in [0.5, 0.6) is 0 Å². The van der Waals surface area contributed by atoms with Crippen molar-refractivity contribution in [2.75, 3.05) is 14.2 Å². The van der Waals surface area contributed by atoms with E-state index in [1.807, 2.05) is 12.1 Å². The van der Waals surface area contributed by atoms with Crippen molar-refractivity contribution in [1.29, 1.82) is 0 Å². The first-order valence-electron chi connectivity index (χ1n) is 6.49. The average molecular weight is 317 g/mol. The van der Waals surface area contributed by atoms with Gasteiger partial charge in [-0.25, -0.2) is 9.59 Å². The lowest BCUT2D eigenvalue weighted by Gasteiger charge is -2.07. The fourth-order valence-corrected chi connectivity index (χ4v) is 2.73. The van der Waals surface area contributed by atoms with Crippen LogP contribution in [0, 0.1) is 0 Å². The number of esters is 2. The summed E-state index contributed by atoms with van der Waals surface area (Å²) >= 11 is 1.48. The maximum absolute atomic E-state index is 11.7. The van der Waals surface area contributed by atoms with Gasteiger partial charge in [-0.1, -0.05) is 12.1 Å². The molecule has 0 aliphatic heterocycles. The molecule has 0 saturated heterocycles. The molecule has 114 valence electrons. The molecule has 0 bridgehead atoms. The Labute approximate surface area is 132 Å². The summed E-state index contributed by atoms with van der Waals surface area (Å²) in [5.74, 6) is -0.199. The van der Waals surface area contributed by atoms with Crippen LogP contribution in [0.4, 0.5) is 0 Å². The number of ether oxygens (including phenoxy) is 2. The average Bonchev–Trinajstić information content (AvgIpc) is 2.59. The fraction of sp³-hybridized carbons (Fsp3) is 0.188. The molecule has 0 saturated carbocycles. The van der Waals surface area contributed by atoms with E-state index in [0.29, 0.717) is 16.9 Å². The number of pyridine rings is 1. The monoisotopic (exact) mass is 317 g/mol. The molecule has 0 spiro atoms. The molecule has 5 nitrogen and oxygen atoms in total. The highest BCUT2D eigenvalue weighted by molar-refractivity contribution is 7.98. The molecule has 1 aromatic heterocycles. The molecule has 2 rings (SSSR count). The van der Waals surface area contributed by atoms with Gasteiger partial charge in [0.1, 0.15) is 0 Å². The molecule has 0 aliphatic carbocycles. The summed E-state index contributed by atoms with van der Waals surface area (Å²) < 4.78 is 9.39. The van der Waals surface area contributed by atoms with Gasteiger partial charge in [0.15, 0.2) is 0 Å². The molecule has 0 aliphatic rings. The summed E-state index contributed by atoms with van der Waals surface area (Å²) in [6.45, 7) is 0. The zero-order valence-corrected chi connectivity index (χ0v) is 13.1. The third kappa shape index (κ3) is 3.85. The second-order valence-electron chi connectivity index (χ2n) is 4.31. The van der Waals surface area contributed by atoms with E-state index in [2.05, 4.69) is 9.72 Å². The lowest BCUT2D eigenvalue weighted by atomic mass is 10.2. The quantitative estimate of drug-likeness (QED) is 0.624. The Balaban J connectivity index is 2.07. The minimum Gasteiger partial charge on any atom is -0.465 e. The van der Waals surface area contributed by atoms with E-state index >= 15 is 0 Å². The predicted octanol–water partition coefficient (Wildman–Crippen LogP) is 2.95. The Morgan fingerprint density at radius 3 is 2.41 bits per heavy atom. The fourth-order valence-electron chi connectivity index (χ4n) is 1.77. The van der Waals surface area contributed by atoms with E-state index in [4.69, 9.17) is 4.74 Å². The number of thioether (sulfide) groups is 1. The highest BCUT2D eigenvalue weighted by Crippen LogP contribution is 2.26. The van der Waals surface area contributed by atoms with Crippen molar-refractivity contribution in [3.63, 3.8) is 0 Å². The van der Waals surface area contributed by atoms with E-state index in [1.54, 1.807) is 24.3 Å². The molecule has 0 atom stereocenters. The van der Waals surface area contributed by atoms with Crippen molar-refractivity contribution in [3.05, 3.63) is 59.4 Å². The number of carbonyl (C=O) groups is 2. The number of hydrogen-bond donors (Lipinski definition) is 0. The number of rotatable bonds is 5. The molecule has 1 heterocycles. The number of aromatic nitrogens is 1. The van der Waals surface area contributed by atoms with Gasteiger partial charge in [-0.3, -0.25) is 4.98 Å². The predicted molar refractivity (Wildman–Crippen MR) is 82.9 cm³/mol. The lowest BCUT2D eigenvalue weighted by molar-refractivity contribution is 0.0589. The highest BCUT2D eigenvalue weighted by Gasteiger charge is 2.12. The van der Waals surface area contributed by atoms with Gasteiger partial charge < -0.3 is 9.47 Å². The van der Waals surface area contributed by atoms with Crippen LogP contribution >= 0.6 is 11.8 Å². The van der Waals surface area contributed by atoms with Gasteiger partial charge in [0.2, 0.25) is 0 Å². The maximum Gasteiger partial charge on any atom is 0.339 e. The largest absolute Gasteiger partial charge is 0.465 e. The van der Waals surface area contributed by atoms with Gasteiger partial charge in [0.05, 0.1) is 31.0 Å². The number of benzene rings is 1. The summed E-state index contributed by atoms with van der Waals surface area (Å²) in [7, 11) is 2.69. The number of carbonyl (C=O) groups excluding carboxylic acids is 2. The molecule has 0 radical (unpaired) electrons. The first kappa shape index (κ1) is 16.0. The van der Waals surface area contributed by atoms with Crippen LogP contribution in [0.15, 0.2) is 47.5 Å². The zero-order chi connectivity index (χ0) is 15.9. The van der Waals surface area contributed by atoms with Gasteiger partial charge in [-0.2, -0.15) is 0 Å². The smallest absolute Gasteiger partial charge is 0.339 e. The second-order valence-corrected chi connectivity index (χ2v) is 5.32. The Morgan fingerprint density at radius 2 is 1.77 bits per heavy atom. The minimum absolute atomic E-state index is 0.364. The maximum atomic E-state index is 11.7. The van der Waals surface area contributed by atoms with Crippen LogP contribution in [-0.2, 0) is 15.2 Å². The van der Waals surface area contributed by atoms with Crippen molar-refractivity contribution >= 4 is 23.7 Å². The van der Waals surface area contributed by atoms with Crippen LogP contribution in [-0.4, -0.2) is 31.1 Å². The van der Waals surface area contributed by atoms with Crippen molar-refractivity contribution in [1.82, 2.24) is 4.98 Å². The Morgan fingerprint density at radius 1 is 1.05 bits per heavy atom. The van der Waals surface area contributed by atoms with Crippen molar-refractivity contribution < 1.29 is 19.1 Å². The Kier molecular flexibility index (Phi) is 5.55. The lowest BCUT2D eigenvalue weighted by Crippen LogP contribution is -2.03. The van der Waals surface area contributed by atoms with Crippen LogP contribution in [0.1, 0.15) is 26.4 Å². The molecule has 0 fully saturated rings. The Bertz CT molecular complexity index is 670. The summed E-state index contributed by atoms with van der Waals surface area (Å²) in [5.41, 5.74) is 1.74. The van der Waals surface area contributed by atoms with E-state index in [9.17, 15) is 9.59 Å². The molecule has 0 amide bonds. The van der Waals surface area contributed by atoms with Gasteiger partial charge in [0, 0.05) is 16.8 Å². The molecular formula is C16H15NO4S.